The quantitative estimate of drug-likeness (QED) is 0.865. The summed E-state index contributed by atoms with van der Waals surface area (Å²) in [6.45, 7) is 8.59. The minimum atomic E-state index is 0.548. The number of anilines is 1. The van der Waals surface area contributed by atoms with Crippen molar-refractivity contribution in [3.8, 4) is 0 Å². The summed E-state index contributed by atoms with van der Waals surface area (Å²) in [6, 6.07) is 3.21. The van der Waals surface area contributed by atoms with Crippen molar-refractivity contribution in [3.63, 3.8) is 0 Å². The molecule has 1 fully saturated rings. The van der Waals surface area contributed by atoms with E-state index in [0.717, 1.165) is 37.4 Å². The third-order valence-electron chi connectivity index (χ3n) is 3.55. The minimum absolute atomic E-state index is 0.548. The van der Waals surface area contributed by atoms with E-state index in [1.807, 2.05) is 6.92 Å². The maximum atomic E-state index is 4.42. The molecule has 1 N–H and O–H groups in total. The van der Waals surface area contributed by atoms with Crippen molar-refractivity contribution in [1.82, 2.24) is 15.3 Å². The molecule has 0 amide bonds. The Hall–Kier alpha value is -1.16. The lowest BCUT2D eigenvalue weighted by molar-refractivity contribution is 0.376. The fourth-order valence-electron chi connectivity index (χ4n) is 2.38. The van der Waals surface area contributed by atoms with Gasteiger partial charge in [-0.15, -0.1) is 0 Å². The highest BCUT2D eigenvalue weighted by Gasteiger charge is 2.26. The predicted molar refractivity (Wildman–Crippen MR) is 70.3 cm³/mol. The van der Waals surface area contributed by atoms with Crippen LogP contribution in [-0.2, 0) is 0 Å². The van der Waals surface area contributed by atoms with Gasteiger partial charge in [-0.3, -0.25) is 0 Å². The molecule has 0 bridgehead atoms. The van der Waals surface area contributed by atoms with Gasteiger partial charge in [0.15, 0.2) is 0 Å². The molecule has 1 aliphatic heterocycles. The summed E-state index contributed by atoms with van der Waals surface area (Å²) in [5, 5.41) is 3.60. The summed E-state index contributed by atoms with van der Waals surface area (Å²) in [6.07, 6.45) is 3.98. The summed E-state index contributed by atoms with van der Waals surface area (Å²) in [5.41, 5.74) is 1.04. The summed E-state index contributed by atoms with van der Waals surface area (Å²) >= 11 is 0. The first-order valence-corrected chi connectivity index (χ1v) is 6.53. The topological polar surface area (TPSA) is 41.1 Å². The third-order valence-corrected chi connectivity index (χ3v) is 3.55. The van der Waals surface area contributed by atoms with E-state index in [9.17, 15) is 0 Å². The number of nitrogens with zero attached hydrogens (tertiary/aromatic N) is 3. The summed E-state index contributed by atoms with van der Waals surface area (Å²) in [7, 11) is 0. The third kappa shape index (κ3) is 2.75. The van der Waals surface area contributed by atoms with E-state index in [4.69, 9.17) is 0 Å². The molecule has 0 aliphatic carbocycles. The smallest absolute Gasteiger partial charge is 0.132 e. The van der Waals surface area contributed by atoms with Gasteiger partial charge in [0, 0.05) is 36.9 Å². The SMILES string of the molecule is CCC1CN(c2cc(C)ncn2)C(CC)CN1. The first-order chi connectivity index (χ1) is 8.24. The van der Waals surface area contributed by atoms with Crippen LogP contribution >= 0.6 is 0 Å². The molecule has 0 radical (unpaired) electrons. The highest BCUT2D eigenvalue weighted by molar-refractivity contribution is 5.41. The number of nitrogens with one attached hydrogen (secondary N) is 1. The Bertz CT molecular complexity index is 366. The van der Waals surface area contributed by atoms with Crippen molar-refractivity contribution in [1.29, 1.82) is 0 Å². The first-order valence-electron chi connectivity index (χ1n) is 6.53. The largest absolute Gasteiger partial charge is 0.351 e. The molecule has 2 heterocycles. The van der Waals surface area contributed by atoms with Crippen LogP contribution in [0.25, 0.3) is 0 Å². The number of hydrogen-bond donors (Lipinski definition) is 1. The van der Waals surface area contributed by atoms with Crippen LogP contribution in [0.2, 0.25) is 0 Å². The molecule has 0 aromatic carbocycles. The van der Waals surface area contributed by atoms with E-state index in [-0.39, 0.29) is 0 Å². The lowest BCUT2D eigenvalue weighted by Gasteiger charge is -2.40. The van der Waals surface area contributed by atoms with Crippen LogP contribution in [0.3, 0.4) is 0 Å². The van der Waals surface area contributed by atoms with Gasteiger partial charge < -0.3 is 10.2 Å². The highest BCUT2D eigenvalue weighted by Crippen LogP contribution is 2.20. The van der Waals surface area contributed by atoms with Crippen LogP contribution < -0.4 is 10.2 Å². The van der Waals surface area contributed by atoms with Gasteiger partial charge in [-0.05, 0) is 19.8 Å². The molecule has 2 rings (SSSR count). The highest BCUT2D eigenvalue weighted by atomic mass is 15.3. The Labute approximate surface area is 103 Å². The van der Waals surface area contributed by atoms with Crippen LogP contribution in [0.1, 0.15) is 32.4 Å². The molecular weight excluding hydrogens is 212 g/mol. The molecule has 2 atom stereocenters. The average molecular weight is 234 g/mol. The second-order valence-corrected chi connectivity index (χ2v) is 4.75. The van der Waals surface area contributed by atoms with E-state index in [1.54, 1.807) is 6.33 Å². The maximum absolute atomic E-state index is 4.42. The van der Waals surface area contributed by atoms with Gasteiger partial charge in [0.2, 0.25) is 0 Å². The first kappa shape index (κ1) is 12.3. The lowest BCUT2D eigenvalue weighted by Crippen LogP contribution is -2.56. The Morgan fingerprint density at radius 1 is 1.35 bits per heavy atom. The van der Waals surface area contributed by atoms with Gasteiger partial charge in [-0.25, -0.2) is 9.97 Å². The molecule has 1 aromatic heterocycles. The molecule has 4 heteroatoms. The molecule has 4 nitrogen and oxygen atoms in total. The Morgan fingerprint density at radius 3 is 2.82 bits per heavy atom. The number of piperazine rings is 1. The van der Waals surface area contributed by atoms with Crippen molar-refractivity contribution >= 4 is 5.82 Å². The minimum Gasteiger partial charge on any atom is -0.351 e. The standard InChI is InChI=1S/C13H22N4/c1-4-11-8-17(12(5-2)7-14-11)13-6-10(3)15-9-16-13/h6,9,11-12,14H,4-5,7-8H2,1-3H3. The van der Waals surface area contributed by atoms with E-state index in [0.29, 0.717) is 12.1 Å². The molecule has 1 saturated heterocycles. The van der Waals surface area contributed by atoms with Crippen LogP contribution in [0.4, 0.5) is 5.82 Å². The zero-order valence-electron chi connectivity index (χ0n) is 11.0. The normalized spacial score (nSPS) is 25.0. The zero-order chi connectivity index (χ0) is 12.3. The van der Waals surface area contributed by atoms with E-state index >= 15 is 0 Å². The van der Waals surface area contributed by atoms with Gasteiger partial charge in [0.1, 0.15) is 12.1 Å². The molecule has 0 saturated carbocycles. The summed E-state index contributed by atoms with van der Waals surface area (Å²) < 4.78 is 0. The van der Waals surface area contributed by atoms with Gasteiger partial charge in [0.25, 0.3) is 0 Å². The number of rotatable bonds is 3. The van der Waals surface area contributed by atoms with Crippen molar-refractivity contribution in [2.75, 3.05) is 18.0 Å². The average Bonchev–Trinajstić information content (AvgIpc) is 2.38. The Kier molecular flexibility index (Phi) is 3.94. The van der Waals surface area contributed by atoms with E-state index in [1.165, 1.54) is 0 Å². The fraction of sp³-hybridized carbons (Fsp3) is 0.692. The van der Waals surface area contributed by atoms with E-state index < -0.39 is 0 Å². The van der Waals surface area contributed by atoms with E-state index in [2.05, 4.69) is 40.1 Å². The number of aromatic nitrogens is 2. The number of aryl methyl sites for hydroxylation is 1. The number of hydrogen-bond acceptors (Lipinski definition) is 4. The second kappa shape index (κ2) is 5.45. The van der Waals surface area contributed by atoms with Crippen LogP contribution in [0.15, 0.2) is 12.4 Å². The molecule has 0 spiro atoms. The molecule has 94 valence electrons. The fourth-order valence-corrected chi connectivity index (χ4v) is 2.38. The molecule has 2 unspecified atom stereocenters. The maximum Gasteiger partial charge on any atom is 0.132 e. The monoisotopic (exact) mass is 234 g/mol. The van der Waals surface area contributed by atoms with Gasteiger partial charge in [0.05, 0.1) is 0 Å². The molecule has 1 aliphatic rings. The van der Waals surface area contributed by atoms with Gasteiger partial charge in [-0.1, -0.05) is 13.8 Å². The van der Waals surface area contributed by atoms with Crippen molar-refractivity contribution in [2.45, 2.75) is 45.7 Å². The molecular formula is C13H22N4. The summed E-state index contributed by atoms with van der Waals surface area (Å²) in [5.74, 6) is 1.07. The van der Waals surface area contributed by atoms with Crippen LogP contribution in [-0.4, -0.2) is 35.1 Å². The zero-order valence-corrected chi connectivity index (χ0v) is 11.0. The van der Waals surface area contributed by atoms with Crippen LogP contribution in [0.5, 0.6) is 0 Å². The van der Waals surface area contributed by atoms with Crippen molar-refractivity contribution < 1.29 is 0 Å². The van der Waals surface area contributed by atoms with Crippen molar-refractivity contribution in [2.24, 2.45) is 0 Å². The predicted octanol–water partition coefficient (Wildman–Crippen LogP) is 1.75. The van der Waals surface area contributed by atoms with Gasteiger partial charge in [-0.2, -0.15) is 0 Å². The Balaban J connectivity index is 2.20. The van der Waals surface area contributed by atoms with Crippen LogP contribution in [0, 0.1) is 6.92 Å². The second-order valence-electron chi connectivity index (χ2n) is 4.75. The Morgan fingerprint density at radius 2 is 2.18 bits per heavy atom. The lowest BCUT2D eigenvalue weighted by atomic mass is 10.1. The van der Waals surface area contributed by atoms with Gasteiger partial charge >= 0.3 is 0 Å². The molecule has 17 heavy (non-hydrogen) atoms. The van der Waals surface area contributed by atoms with Crippen molar-refractivity contribution in [3.05, 3.63) is 18.1 Å². The summed E-state index contributed by atoms with van der Waals surface area (Å²) in [4.78, 5) is 11.0. The molecule has 1 aromatic rings.